The average molecular weight is 233 g/mol. The molecule has 1 atom stereocenters. The van der Waals surface area contributed by atoms with E-state index in [0.29, 0.717) is 5.92 Å². The lowest BCUT2D eigenvalue weighted by Gasteiger charge is -2.32. The molecule has 0 bridgehead atoms. The molecule has 0 saturated carbocycles. The van der Waals surface area contributed by atoms with E-state index in [4.69, 9.17) is 0 Å². The van der Waals surface area contributed by atoms with Gasteiger partial charge in [0.25, 0.3) is 0 Å². The van der Waals surface area contributed by atoms with Crippen LogP contribution in [0.15, 0.2) is 24.3 Å². The van der Waals surface area contributed by atoms with Crippen LogP contribution in [-0.2, 0) is 6.61 Å². The third-order valence-electron chi connectivity index (χ3n) is 3.65. The van der Waals surface area contributed by atoms with Crippen molar-refractivity contribution in [1.29, 1.82) is 0 Å². The van der Waals surface area contributed by atoms with Gasteiger partial charge in [0, 0.05) is 6.54 Å². The van der Waals surface area contributed by atoms with Crippen LogP contribution in [0.1, 0.15) is 43.2 Å². The van der Waals surface area contributed by atoms with Crippen molar-refractivity contribution in [3.8, 4) is 0 Å². The van der Waals surface area contributed by atoms with Crippen LogP contribution in [0.25, 0.3) is 0 Å². The Hall–Kier alpha value is -0.860. The average Bonchev–Trinajstić information content (AvgIpc) is 2.40. The van der Waals surface area contributed by atoms with Gasteiger partial charge < -0.3 is 10.0 Å². The molecular formula is C15H23NO. The minimum atomic E-state index is 0.152. The molecule has 1 saturated heterocycles. The molecule has 1 heterocycles. The second-order valence-electron chi connectivity index (χ2n) is 5.04. The first kappa shape index (κ1) is 12.6. The minimum Gasteiger partial charge on any atom is -0.392 e. The number of aliphatic hydroxyl groups excluding tert-OH is 1. The van der Waals surface area contributed by atoms with Crippen molar-refractivity contribution in [1.82, 2.24) is 4.90 Å². The monoisotopic (exact) mass is 233 g/mol. The molecule has 2 heteroatoms. The van der Waals surface area contributed by atoms with Gasteiger partial charge in [-0.1, -0.05) is 31.2 Å². The van der Waals surface area contributed by atoms with Gasteiger partial charge in [-0.05, 0) is 49.4 Å². The van der Waals surface area contributed by atoms with Gasteiger partial charge in [-0.3, -0.25) is 0 Å². The number of rotatable bonds is 4. The first-order valence-corrected chi connectivity index (χ1v) is 6.75. The zero-order chi connectivity index (χ0) is 12.1. The molecule has 1 aliphatic rings. The summed E-state index contributed by atoms with van der Waals surface area (Å²) in [4.78, 5) is 2.57. The number of hydrogen-bond acceptors (Lipinski definition) is 2. The van der Waals surface area contributed by atoms with Crippen molar-refractivity contribution >= 4 is 0 Å². The molecule has 1 fully saturated rings. The van der Waals surface area contributed by atoms with Gasteiger partial charge in [0.15, 0.2) is 0 Å². The molecule has 94 valence electrons. The highest BCUT2D eigenvalue weighted by Gasteiger charge is 2.20. The van der Waals surface area contributed by atoms with Crippen LogP contribution in [0.5, 0.6) is 0 Å². The molecule has 1 aromatic rings. The second-order valence-corrected chi connectivity index (χ2v) is 5.04. The summed E-state index contributed by atoms with van der Waals surface area (Å²) in [6, 6.07) is 8.44. The van der Waals surface area contributed by atoms with E-state index < -0.39 is 0 Å². The SMILES string of the molecule is CCCN1CCC[C@H](c2cccc(CO)c2)C1. The fourth-order valence-corrected chi connectivity index (χ4v) is 2.79. The van der Waals surface area contributed by atoms with Crippen molar-refractivity contribution in [3.63, 3.8) is 0 Å². The fourth-order valence-electron chi connectivity index (χ4n) is 2.79. The highest BCUT2D eigenvalue weighted by Crippen LogP contribution is 2.27. The van der Waals surface area contributed by atoms with E-state index >= 15 is 0 Å². The third-order valence-corrected chi connectivity index (χ3v) is 3.65. The van der Waals surface area contributed by atoms with E-state index in [2.05, 4.69) is 30.0 Å². The smallest absolute Gasteiger partial charge is 0.0681 e. The largest absolute Gasteiger partial charge is 0.392 e. The molecule has 0 radical (unpaired) electrons. The Morgan fingerprint density at radius 1 is 1.41 bits per heavy atom. The van der Waals surface area contributed by atoms with E-state index in [1.807, 2.05) is 6.07 Å². The molecule has 0 unspecified atom stereocenters. The van der Waals surface area contributed by atoms with Gasteiger partial charge in [0.05, 0.1) is 6.61 Å². The number of hydrogen-bond donors (Lipinski definition) is 1. The van der Waals surface area contributed by atoms with Crippen LogP contribution in [-0.4, -0.2) is 29.6 Å². The van der Waals surface area contributed by atoms with Gasteiger partial charge >= 0.3 is 0 Å². The highest BCUT2D eigenvalue weighted by atomic mass is 16.3. The molecule has 17 heavy (non-hydrogen) atoms. The van der Waals surface area contributed by atoms with Crippen molar-refractivity contribution in [2.45, 2.75) is 38.7 Å². The summed E-state index contributed by atoms with van der Waals surface area (Å²) in [6.45, 7) is 6.05. The number of likely N-dealkylation sites (tertiary alicyclic amines) is 1. The summed E-state index contributed by atoms with van der Waals surface area (Å²) in [6.07, 6.45) is 3.83. The van der Waals surface area contributed by atoms with E-state index in [1.54, 1.807) is 0 Å². The van der Waals surface area contributed by atoms with Crippen molar-refractivity contribution in [2.75, 3.05) is 19.6 Å². The Labute approximate surface area is 104 Å². The molecule has 2 nitrogen and oxygen atoms in total. The summed E-state index contributed by atoms with van der Waals surface area (Å²) in [5.74, 6) is 0.654. The maximum absolute atomic E-state index is 9.19. The van der Waals surface area contributed by atoms with Crippen LogP contribution in [0.4, 0.5) is 0 Å². The standard InChI is InChI=1S/C15H23NO/c1-2-8-16-9-4-7-15(11-16)14-6-3-5-13(10-14)12-17/h3,5-6,10,15,17H,2,4,7-9,11-12H2,1H3/t15-/m0/s1. The lowest BCUT2D eigenvalue weighted by molar-refractivity contribution is 0.208. The van der Waals surface area contributed by atoms with Gasteiger partial charge in [-0.15, -0.1) is 0 Å². The molecule has 0 amide bonds. The van der Waals surface area contributed by atoms with E-state index in [1.165, 1.54) is 44.5 Å². The molecule has 0 aliphatic carbocycles. The van der Waals surface area contributed by atoms with E-state index in [-0.39, 0.29) is 6.61 Å². The lowest BCUT2D eigenvalue weighted by atomic mass is 9.89. The Bertz CT molecular complexity index is 349. The number of piperidine rings is 1. The maximum Gasteiger partial charge on any atom is 0.0681 e. The molecule has 2 rings (SSSR count). The third kappa shape index (κ3) is 3.30. The first-order chi connectivity index (χ1) is 8.33. The van der Waals surface area contributed by atoms with Crippen LogP contribution in [0, 0.1) is 0 Å². The number of benzene rings is 1. The van der Waals surface area contributed by atoms with E-state index in [0.717, 1.165) is 5.56 Å². The van der Waals surface area contributed by atoms with Gasteiger partial charge in [-0.25, -0.2) is 0 Å². The summed E-state index contributed by atoms with van der Waals surface area (Å²) >= 11 is 0. The maximum atomic E-state index is 9.19. The zero-order valence-electron chi connectivity index (χ0n) is 10.7. The zero-order valence-corrected chi connectivity index (χ0v) is 10.7. The van der Waals surface area contributed by atoms with Crippen LogP contribution in [0.2, 0.25) is 0 Å². The lowest BCUT2D eigenvalue weighted by Crippen LogP contribution is -2.34. The number of aliphatic hydroxyl groups is 1. The summed E-state index contributed by atoms with van der Waals surface area (Å²) < 4.78 is 0. The normalized spacial score (nSPS) is 21.6. The van der Waals surface area contributed by atoms with Crippen LogP contribution < -0.4 is 0 Å². The number of nitrogens with zero attached hydrogens (tertiary/aromatic N) is 1. The predicted molar refractivity (Wildman–Crippen MR) is 71.1 cm³/mol. The minimum absolute atomic E-state index is 0.152. The second kappa shape index (κ2) is 6.18. The van der Waals surface area contributed by atoms with E-state index in [9.17, 15) is 5.11 Å². The molecular weight excluding hydrogens is 210 g/mol. The first-order valence-electron chi connectivity index (χ1n) is 6.75. The van der Waals surface area contributed by atoms with Crippen molar-refractivity contribution in [2.24, 2.45) is 0 Å². The summed E-state index contributed by atoms with van der Waals surface area (Å²) in [7, 11) is 0. The van der Waals surface area contributed by atoms with Crippen molar-refractivity contribution < 1.29 is 5.11 Å². The quantitative estimate of drug-likeness (QED) is 0.864. The topological polar surface area (TPSA) is 23.5 Å². The Kier molecular flexibility index (Phi) is 4.57. The summed E-state index contributed by atoms with van der Waals surface area (Å²) in [5.41, 5.74) is 2.44. The Morgan fingerprint density at radius 2 is 2.29 bits per heavy atom. The molecule has 1 aliphatic heterocycles. The highest BCUT2D eigenvalue weighted by molar-refractivity contribution is 5.26. The van der Waals surface area contributed by atoms with Gasteiger partial charge in [0.1, 0.15) is 0 Å². The predicted octanol–water partition coefficient (Wildman–Crippen LogP) is 2.77. The fraction of sp³-hybridized carbons (Fsp3) is 0.600. The Morgan fingerprint density at radius 3 is 3.06 bits per heavy atom. The molecule has 0 spiro atoms. The van der Waals surface area contributed by atoms with Crippen LogP contribution >= 0.6 is 0 Å². The van der Waals surface area contributed by atoms with Crippen LogP contribution in [0.3, 0.4) is 0 Å². The summed E-state index contributed by atoms with van der Waals surface area (Å²) in [5, 5.41) is 9.19. The molecule has 1 N–H and O–H groups in total. The van der Waals surface area contributed by atoms with Gasteiger partial charge in [0.2, 0.25) is 0 Å². The molecule has 0 aromatic heterocycles. The van der Waals surface area contributed by atoms with Gasteiger partial charge in [-0.2, -0.15) is 0 Å². The van der Waals surface area contributed by atoms with Crippen molar-refractivity contribution in [3.05, 3.63) is 35.4 Å². The molecule has 1 aromatic carbocycles. The Balaban J connectivity index is 2.05.